The topological polar surface area (TPSA) is 110 Å². The number of hydrogen-bond acceptors (Lipinski definition) is 6. The molecule has 0 fully saturated rings. The van der Waals surface area contributed by atoms with E-state index in [1.807, 2.05) is 0 Å². The molecule has 0 saturated carbocycles. The number of hydrazone groups is 1. The van der Waals surface area contributed by atoms with Crippen molar-refractivity contribution in [3.8, 4) is 5.75 Å². The molecule has 1 aromatic heterocycles. The highest BCUT2D eigenvalue weighted by atomic mass is 35.5. The highest BCUT2D eigenvalue weighted by molar-refractivity contribution is 6.39. The number of esters is 1. The molecule has 0 radical (unpaired) electrons. The standard InChI is InChI=1S/C20H14ClN3O5/c21-14-7-9-15(10-8-14)23-18(25)19(26)24-22-12-13-4-1-2-5-16(13)29-20(27)17-6-3-11-28-17/h1-12H,(H,23,25)(H,24,26). The molecule has 9 heteroatoms. The molecule has 3 aromatic rings. The van der Waals surface area contributed by atoms with E-state index in [9.17, 15) is 14.4 Å². The third-order valence-electron chi connectivity index (χ3n) is 3.52. The van der Waals surface area contributed by atoms with Crippen LogP contribution in [0.2, 0.25) is 5.02 Å². The number of nitrogens with one attached hydrogen (secondary N) is 2. The number of ether oxygens (including phenoxy) is 1. The largest absolute Gasteiger partial charge is 0.457 e. The van der Waals surface area contributed by atoms with Crippen LogP contribution in [-0.2, 0) is 9.59 Å². The van der Waals surface area contributed by atoms with E-state index < -0.39 is 17.8 Å². The van der Waals surface area contributed by atoms with E-state index in [4.69, 9.17) is 20.8 Å². The van der Waals surface area contributed by atoms with E-state index in [0.29, 0.717) is 16.3 Å². The van der Waals surface area contributed by atoms with Crippen molar-refractivity contribution in [3.05, 3.63) is 83.3 Å². The molecule has 2 N–H and O–H groups in total. The van der Waals surface area contributed by atoms with Gasteiger partial charge in [-0.1, -0.05) is 23.7 Å². The predicted molar refractivity (Wildman–Crippen MR) is 106 cm³/mol. The van der Waals surface area contributed by atoms with E-state index in [-0.39, 0.29) is 11.5 Å². The van der Waals surface area contributed by atoms with E-state index in [1.54, 1.807) is 54.6 Å². The molecule has 0 spiro atoms. The van der Waals surface area contributed by atoms with E-state index >= 15 is 0 Å². The van der Waals surface area contributed by atoms with Gasteiger partial charge in [-0.2, -0.15) is 5.10 Å². The number of para-hydroxylation sites is 1. The average molecular weight is 412 g/mol. The first-order valence-corrected chi connectivity index (χ1v) is 8.65. The fourth-order valence-electron chi connectivity index (χ4n) is 2.16. The molecule has 0 atom stereocenters. The summed E-state index contributed by atoms with van der Waals surface area (Å²) in [5.74, 6) is -2.30. The average Bonchev–Trinajstić information content (AvgIpc) is 3.26. The van der Waals surface area contributed by atoms with Crippen LogP contribution < -0.4 is 15.5 Å². The number of halogens is 1. The van der Waals surface area contributed by atoms with Crippen LogP contribution in [-0.4, -0.2) is 24.0 Å². The Morgan fingerprint density at radius 3 is 2.45 bits per heavy atom. The Bertz CT molecular complexity index is 1050. The van der Waals surface area contributed by atoms with Gasteiger partial charge in [0.25, 0.3) is 0 Å². The summed E-state index contributed by atoms with van der Waals surface area (Å²) in [6.07, 6.45) is 2.60. The van der Waals surface area contributed by atoms with Crippen molar-refractivity contribution in [2.75, 3.05) is 5.32 Å². The monoisotopic (exact) mass is 411 g/mol. The molecule has 0 saturated heterocycles. The normalized spacial score (nSPS) is 10.5. The maximum Gasteiger partial charge on any atom is 0.379 e. The molecule has 29 heavy (non-hydrogen) atoms. The lowest BCUT2D eigenvalue weighted by Crippen LogP contribution is -2.32. The van der Waals surface area contributed by atoms with Crippen LogP contribution in [0.4, 0.5) is 5.69 Å². The quantitative estimate of drug-likeness (QED) is 0.220. The summed E-state index contributed by atoms with van der Waals surface area (Å²) in [7, 11) is 0. The third-order valence-corrected chi connectivity index (χ3v) is 3.77. The van der Waals surface area contributed by atoms with Crippen LogP contribution in [0.1, 0.15) is 16.1 Å². The Morgan fingerprint density at radius 2 is 1.72 bits per heavy atom. The van der Waals surface area contributed by atoms with Gasteiger partial charge in [-0.25, -0.2) is 10.2 Å². The zero-order chi connectivity index (χ0) is 20.6. The Kier molecular flexibility index (Phi) is 6.39. The molecule has 0 aliphatic heterocycles. The van der Waals surface area contributed by atoms with Gasteiger partial charge >= 0.3 is 17.8 Å². The summed E-state index contributed by atoms with van der Waals surface area (Å²) in [4.78, 5) is 35.7. The zero-order valence-electron chi connectivity index (χ0n) is 14.8. The second-order valence-electron chi connectivity index (χ2n) is 5.56. The highest BCUT2D eigenvalue weighted by Gasteiger charge is 2.14. The molecule has 0 unspecified atom stereocenters. The first kappa shape index (κ1) is 19.8. The van der Waals surface area contributed by atoms with Crippen molar-refractivity contribution in [2.24, 2.45) is 5.10 Å². The van der Waals surface area contributed by atoms with Crippen LogP contribution in [0.25, 0.3) is 0 Å². The number of nitrogens with zero attached hydrogens (tertiary/aromatic N) is 1. The van der Waals surface area contributed by atoms with Crippen LogP contribution >= 0.6 is 11.6 Å². The molecule has 146 valence electrons. The molecule has 8 nitrogen and oxygen atoms in total. The van der Waals surface area contributed by atoms with Gasteiger partial charge in [0.1, 0.15) is 5.75 Å². The molecule has 2 amide bonds. The van der Waals surface area contributed by atoms with Crippen LogP contribution in [0.15, 0.2) is 76.4 Å². The third kappa shape index (κ3) is 5.53. The summed E-state index contributed by atoms with van der Waals surface area (Å²) in [5.41, 5.74) is 2.92. The van der Waals surface area contributed by atoms with E-state index in [2.05, 4.69) is 15.8 Å². The van der Waals surface area contributed by atoms with Gasteiger partial charge in [0.05, 0.1) is 12.5 Å². The van der Waals surface area contributed by atoms with Gasteiger partial charge in [-0.15, -0.1) is 0 Å². The predicted octanol–water partition coefficient (Wildman–Crippen LogP) is 3.24. The van der Waals surface area contributed by atoms with Gasteiger partial charge in [-0.3, -0.25) is 9.59 Å². The maximum absolute atomic E-state index is 12.0. The van der Waals surface area contributed by atoms with Crippen molar-refractivity contribution in [1.82, 2.24) is 5.43 Å². The molecule has 0 aliphatic carbocycles. The molecular formula is C20H14ClN3O5. The number of rotatable bonds is 5. The summed E-state index contributed by atoms with van der Waals surface area (Å²) in [6.45, 7) is 0. The minimum absolute atomic E-state index is 0.0453. The Balaban J connectivity index is 1.59. The lowest BCUT2D eigenvalue weighted by molar-refractivity contribution is -0.136. The first-order valence-electron chi connectivity index (χ1n) is 8.27. The number of anilines is 1. The number of furan rings is 1. The molecular weight excluding hydrogens is 398 g/mol. The van der Waals surface area contributed by atoms with Crippen LogP contribution in [0.5, 0.6) is 5.75 Å². The Labute approximate surface area is 170 Å². The summed E-state index contributed by atoms with van der Waals surface area (Å²) >= 11 is 5.76. The fourth-order valence-corrected chi connectivity index (χ4v) is 2.28. The molecule has 0 bridgehead atoms. The second-order valence-corrected chi connectivity index (χ2v) is 6.00. The maximum atomic E-state index is 12.0. The van der Waals surface area contributed by atoms with Gasteiger partial charge < -0.3 is 14.5 Å². The first-order chi connectivity index (χ1) is 14.0. The second kappa shape index (κ2) is 9.34. The van der Waals surface area contributed by atoms with Crippen molar-refractivity contribution < 1.29 is 23.5 Å². The van der Waals surface area contributed by atoms with Crippen molar-refractivity contribution in [3.63, 3.8) is 0 Å². The molecule has 1 heterocycles. The number of carbonyl (C=O) groups is 3. The Morgan fingerprint density at radius 1 is 0.966 bits per heavy atom. The van der Waals surface area contributed by atoms with Gasteiger partial charge in [-0.05, 0) is 48.5 Å². The Hall–Kier alpha value is -3.91. The molecule has 3 rings (SSSR count). The van der Waals surface area contributed by atoms with Gasteiger partial charge in [0, 0.05) is 16.3 Å². The smallest absolute Gasteiger partial charge is 0.379 e. The van der Waals surface area contributed by atoms with E-state index in [1.165, 1.54) is 18.5 Å². The number of benzene rings is 2. The summed E-state index contributed by atoms with van der Waals surface area (Å²) in [5, 5.41) is 6.64. The van der Waals surface area contributed by atoms with Crippen molar-refractivity contribution in [1.29, 1.82) is 0 Å². The lowest BCUT2D eigenvalue weighted by Gasteiger charge is -2.06. The van der Waals surface area contributed by atoms with Crippen LogP contribution in [0.3, 0.4) is 0 Å². The van der Waals surface area contributed by atoms with Crippen molar-refractivity contribution >= 4 is 41.3 Å². The van der Waals surface area contributed by atoms with Gasteiger partial charge in [0.2, 0.25) is 5.76 Å². The van der Waals surface area contributed by atoms with Crippen molar-refractivity contribution in [2.45, 2.75) is 0 Å². The number of hydrogen-bond donors (Lipinski definition) is 2. The lowest BCUT2D eigenvalue weighted by atomic mass is 10.2. The number of carbonyl (C=O) groups excluding carboxylic acids is 3. The zero-order valence-corrected chi connectivity index (χ0v) is 15.6. The molecule has 2 aromatic carbocycles. The highest BCUT2D eigenvalue weighted by Crippen LogP contribution is 2.18. The fraction of sp³-hybridized carbons (Fsp3) is 0. The van der Waals surface area contributed by atoms with Crippen LogP contribution in [0, 0.1) is 0 Å². The summed E-state index contributed by atoms with van der Waals surface area (Å²) in [6, 6.07) is 15.8. The molecule has 0 aliphatic rings. The summed E-state index contributed by atoms with van der Waals surface area (Å²) < 4.78 is 10.2. The SMILES string of the molecule is O=C(NN=Cc1ccccc1OC(=O)c1ccco1)C(=O)Nc1ccc(Cl)cc1. The van der Waals surface area contributed by atoms with E-state index in [0.717, 1.165) is 0 Å². The number of amides is 2. The van der Waals surface area contributed by atoms with Gasteiger partial charge in [0.15, 0.2) is 0 Å². The minimum atomic E-state index is -0.971. The minimum Gasteiger partial charge on any atom is -0.457 e.